The molecule has 2 rings (SSSR count). The molecule has 0 fully saturated rings. The molecule has 0 saturated heterocycles. The molecule has 1 unspecified atom stereocenters. The summed E-state index contributed by atoms with van der Waals surface area (Å²) in [4.78, 5) is 16.2. The van der Waals surface area contributed by atoms with Gasteiger partial charge >= 0.3 is 0 Å². The minimum absolute atomic E-state index is 0.0204. The van der Waals surface area contributed by atoms with Crippen molar-refractivity contribution >= 4 is 33.3 Å². The number of hydrogen-bond acceptors (Lipinski definition) is 3. The molecule has 0 radical (unpaired) electrons. The van der Waals surface area contributed by atoms with Gasteiger partial charge in [-0.2, -0.15) is 0 Å². The van der Waals surface area contributed by atoms with Gasteiger partial charge in [-0.15, -0.1) is 0 Å². The summed E-state index contributed by atoms with van der Waals surface area (Å²) < 4.78 is 0.858. The van der Waals surface area contributed by atoms with Gasteiger partial charge in [0.1, 0.15) is 5.82 Å². The van der Waals surface area contributed by atoms with E-state index in [9.17, 15) is 4.79 Å². The first kappa shape index (κ1) is 11.4. The maximum atomic E-state index is 11.9. The summed E-state index contributed by atoms with van der Waals surface area (Å²) in [6, 6.07) is 1.86. The van der Waals surface area contributed by atoms with Crippen LogP contribution in [0.25, 0.3) is 0 Å². The molecule has 1 aliphatic heterocycles. The van der Waals surface area contributed by atoms with Crippen molar-refractivity contribution in [3.8, 4) is 0 Å². The van der Waals surface area contributed by atoms with E-state index in [1.54, 1.807) is 6.20 Å². The highest BCUT2D eigenvalue weighted by Gasteiger charge is 2.26. The normalized spacial score (nSPS) is 19.8. The highest BCUT2D eigenvalue weighted by molar-refractivity contribution is 9.10. The number of carbonyl (C=O) groups excluding carboxylic acids is 1. The number of hydrogen-bond donors (Lipinski definition) is 2. The van der Waals surface area contributed by atoms with Crippen LogP contribution in [0.4, 0.5) is 11.5 Å². The van der Waals surface area contributed by atoms with E-state index < -0.39 is 0 Å². The predicted molar refractivity (Wildman–Crippen MR) is 67.4 cm³/mol. The molecule has 16 heavy (non-hydrogen) atoms. The van der Waals surface area contributed by atoms with E-state index in [0.717, 1.165) is 16.0 Å². The number of rotatable bonds is 1. The van der Waals surface area contributed by atoms with Crippen LogP contribution in [-0.2, 0) is 4.79 Å². The van der Waals surface area contributed by atoms with Gasteiger partial charge in [0, 0.05) is 17.2 Å². The first-order valence-electron chi connectivity index (χ1n) is 5.28. The first-order valence-corrected chi connectivity index (χ1v) is 6.07. The SMILES string of the molecule is CC(C)C1CNc2ncc(Br)cc2NC1=O. The molecule has 2 heterocycles. The minimum atomic E-state index is -0.0204. The molecule has 0 saturated carbocycles. The summed E-state index contributed by atoms with van der Waals surface area (Å²) in [6.07, 6.45) is 1.72. The molecule has 0 aliphatic carbocycles. The lowest BCUT2D eigenvalue weighted by Gasteiger charge is -2.16. The van der Waals surface area contributed by atoms with Crippen molar-refractivity contribution in [1.82, 2.24) is 4.98 Å². The molecule has 2 N–H and O–H groups in total. The molecule has 1 aromatic heterocycles. The number of nitrogens with one attached hydrogen (secondary N) is 2. The predicted octanol–water partition coefficient (Wildman–Crippen LogP) is 2.48. The lowest BCUT2D eigenvalue weighted by molar-refractivity contribution is -0.120. The fraction of sp³-hybridized carbons (Fsp3) is 0.455. The van der Waals surface area contributed by atoms with Crippen LogP contribution in [0.1, 0.15) is 13.8 Å². The van der Waals surface area contributed by atoms with Crippen LogP contribution < -0.4 is 10.6 Å². The number of halogens is 1. The van der Waals surface area contributed by atoms with Crippen molar-refractivity contribution in [2.45, 2.75) is 13.8 Å². The fourth-order valence-corrected chi connectivity index (χ4v) is 2.07. The Kier molecular flexibility index (Phi) is 3.14. The molecule has 0 aromatic carbocycles. The number of nitrogens with zero attached hydrogens (tertiary/aromatic N) is 1. The van der Waals surface area contributed by atoms with Crippen LogP contribution in [-0.4, -0.2) is 17.4 Å². The molecule has 4 nitrogen and oxygen atoms in total. The van der Waals surface area contributed by atoms with Crippen LogP contribution in [0, 0.1) is 11.8 Å². The van der Waals surface area contributed by atoms with E-state index in [-0.39, 0.29) is 11.8 Å². The highest BCUT2D eigenvalue weighted by atomic mass is 79.9. The summed E-state index contributed by atoms with van der Waals surface area (Å²) in [6.45, 7) is 4.72. The van der Waals surface area contributed by atoms with Crippen molar-refractivity contribution in [3.05, 3.63) is 16.7 Å². The standard InChI is InChI=1S/C11H14BrN3O/c1-6(2)8-5-14-10-9(15-11(8)16)3-7(12)4-13-10/h3-4,6,8H,5H2,1-2H3,(H,13,14)(H,15,16). The van der Waals surface area contributed by atoms with Crippen LogP contribution in [0.2, 0.25) is 0 Å². The van der Waals surface area contributed by atoms with Gasteiger partial charge in [0.15, 0.2) is 0 Å². The molecular weight excluding hydrogens is 270 g/mol. The molecule has 1 amide bonds. The molecule has 0 bridgehead atoms. The number of anilines is 2. The van der Waals surface area contributed by atoms with E-state index in [1.165, 1.54) is 0 Å². The van der Waals surface area contributed by atoms with Crippen molar-refractivity contribution in [1.29, 1.82) is 0 Å². The maximum Gasteiger partial charge on any atom is 0.229 e. The Morgan fingerprint density at radius 2 is 2.31 bits per heavy atom. The van der Waals surface area contributed by atoms with Gasteiger partial charge in [0.2, 0.25) is 5.91 Å². The second-order valence-corrected chi connectivity index (χ2v) is 5.19. The van der Waals surface area contributed by atoms with Crippen molar-refractivity contribution < 1.29 is 4.79 Å². The van der Waals surface area contributed by atoms with E-state index in [0.29, 0.717) is 12.5 Å². The largest absolute Gasteiger partial charge is 0.368 e. The Morgan fingerprint density at radius 1 is 1.56 bits per heavy atom. The fourth-order valence-electron chi connectivity index (χ4n) is 1.74. The van der Waals surface area contributed by atoms with Gasteiger partial charge < -0.3 is 10.6 Å². The third-order valence-corrected chi connectivity index (χ3v) is 3.18. The van der Waals surface area contributed by atoms with Gasteiger partial charge in [0.05, 0.1) is 11.6 Å². The molecule has 0 spiro atoms. The number of fused-ring (bicyclic) bond motifs is 1. The van der Waals surface area contributed by atoms with Crippen LogP contribution >= 0.6 is 15.9 Å². The molecule has 1 aromatic rings. The van der Waals surface area contributed by atoms with Gasteiger partial charge in [0.25, 0.3) is 0 Å². The summed E-state index contributed by atoms with van der Waals surface area (Å²) in [5.41, 5.74) is 0.738. The number of aromatic nitrogens is 1. The molecule has 1 aliphatic rings. The lowest BCUT2D eigenvalue weighted by Crippen LogP contribution is -2.29. The second kappa shape index (κ2) is 4.41. The van der Waals surface area contributed by atoms with E-state index in [2.05, 4.69) is 31.5 Å². The molecule has 86 valence electrons. The van der Waals surface area contributed by atoms with Gasteiger partial charge in [-0.1, -0.05) is 13.8 Å². The Labute approximate surface area is 103 Å². The van der Waals surface area contributed by atoms with Gasteiger partial charge in [-0.3, -0.25) is 4.79 Å². The monoisotopic (exact) mass is 283 g/mol. The van der Waals surface area contributed by atoms with Gasteiger partial charge in [-0.25, -0.2) is 4.98 Å². The van der Waals surface area contributed by atoms with E-state index in [4.69, 9.17) is 0 Å². The number of amides is 1. The van der Waals surface area contributed by atoms with Gasteiger partial charge in [-0.05, 0) is 27.9 Å². The quantitative estimate of drug-likeness (QED) is 0.833. The van der Waals surface area contributed by atoms with Crippen LogP contribution in [0.3, 0.4) is 0 Å². The van der Waals surface area contributed by atoms with Crippen LogP contribution in [0.15, 0.2) is 16.7 Å². The molecule has 1 atom stereocenters. The maximum absolute atomic E-state index is 11.9. The third kappa shape index (κ3) is 2.19. The summed E-state index contributed by atoms with van der Waals surface area (Å²) in [5, 5.41) is 6.10. The number of pyridine rings is 1. The van der Waals surface area contributed by atoms with Crippen molar-refractivity contribution in [3.63, 3.8) is 0 Å². The zero-order valence-corrected chi connectivity index (χ0v) is 10.8. The average Bonchev–Trinajstić information content (AvgIpc) is 2.35. The van der Waals surface area contributed by atoms with E-state index >= 15 is 0 Å². The lowest BCUT2D eigenvalue weighted by atomic mass is 9.95. The molecule has 5 heteroatoms. The third-order valence-electron chi connectivity index (χ3n) is 2.74. The number of carbonyl (C=O) groups is 1. The smallest absolute Gasteiger partial charge is 0.229 e. The Hall–Kier alpha value is -1.10. The van der Waals surface area contributed by atoms with Crippen molar-refractivity contribution in [2.75, 3.05) is 17.2 Å². The molecular formula is C11H14BrN3O. The summed E-state index contributed by atoms with van der Waals surface area (Å²) in [7, 11) is 0. The summed E-state index contributed by atoms with van der Waals surface area (Å²) >= 11 is 3.34. The second-order valence-electron chi connectivity index (χ2n) is 4.27. The van der Waals surface area contributed by atoms with E-state index in [1.807, 2.05) is 19.9 Å². The first-order chi connectivity index (χ1) is 7.58. The van der Waals surface area contributed by atoms with Crippen LogP contribution in [0.5, 0.6) is 0 Å². The Balaban J connectivity index is 2.30. The average molecular weight is 284 g/mol. The zero-order chi connectivity index (χ0) is 11.7. The topological polar surface area (TPSA) is 54.0 Å². The summed E-state index contributed by atoms with van der Waals surface area (Å²) in [5.74, 6) is 1.08. The Morgan fingerprint density at radius 3 is 3.00 bits per heavy atom. The highest BCUT2D eigenvalue weighted by Crippen LogP contribution is 2.27. The zero-order valence-electron chi connectivity index (χ0n) is 9.25. The minimum Gasteiger partial charge on any atom is -0.368 e. The Bertz CT molecular complexity index is 420. The van der Waals surface area contributed by atoms with Crippen molar-refractivity contribution in [2.24, 2.45) is 11.8 Å².